The number of carboxylic acid groups (broad SMARTS) is 4. The summed E-state index contributed by atoms with van der Waals surface area (Å²) in [7, 11) is 0. The number of benzene rings is 2. The predicted octanol–water partition coefficient (Wildman–Crippen LogP) is 1.77. The van der Waals surface area contributed by atoms with E-state index in [9.17, 15) is 19.2 Å². The second-order valence-corrected chi connectivity index (χ2v) is 4.20. The van der Waals surface area contributed by atoms with E-state index >= 15 is 0 Å². The Bertz CT molecular complexity index is 668. The van der Waals surface area contributed by atoms with Gasteiger partial charge in [0.05, 0.1) is 22.3 Å². The van der Waals surface area contributed by atoms with Crippen LogP contribution in [0.5, 0.6) is 0 Å². The first-order chi connectivity index (χ1) is 11.2. The van der Waals surface area contributed by atoms with Gasteiger partial charge in [-0.25, -0.2) is 19.2 Å². The monoisotopic (exact) mass is 330 g/mol. The van der Waals surface area contributed by atoms with Crippen LogP contribution in [0.2, 0.25) is 0 Å². The number of carbonyl (C=O) groups is 4. The van der Waals surface area contributed by atoms with Crippen molar-refractivity contribution in [3.05, 3.63) is 70.8 Å². The van der Waals surface area contributed by atoms with Gasteiger partial charge in [0.1, 0.15) is 0 Å². The van der Waals surface area contributed by atoms with Gasteiger partial charge in [0.15, 0.2) is 0 Å². The van der Waals surface area contributed by atoms with Crippen LogP contribution in [0.25, 0.3) is 0 Å². The molecule has 0 unspecified atom stereocenters. The average Bonchev–Trinajstić information content (AvgIpc) is 2.55. The highest BCUT2D eigenvalue weighted by Crippen LogP contribution is 2.04. The summed E-state index contributed by atoms with van der Waals surface area (Å²) in [5.74, 6) is -4.66. The number of hydrogen-bond donors (Lipinski definition) is 4. The van der Waals surface area contributed by atoms with Gasteiger partial charge in [0.25, 0.3) is 0 Å². The highest BCUT2D eigenvalue weighted by Gasteiger charge is 2.08. The Morgan fingerprint density at radius 2 is 0.958 bits per heavy atom. The third-order valence-corrected chi connectivity index (χ3v) is 2.56. The molecule has 0 aliphatic heterocycles. The highest BCUT2D eigenvalue weighted by molar-refractivity contribution is 5.94. The van der Waals surface area contributed by atoms with Crippen LogP contribution in [-0.4, -0.2) is 44.3 Å². The predicted molar refractivity (Wildman–Crippen MR) is 78.4 cm³/mol. The fraction of sp³-hybridized carbons (Fsp3) is 0. The van der Waals surface area contributed by atoms with Gasteiger partial charge in [0, 0.05) is 0 Å². The summed E-state index contributed by atoms with van der Waals surface area (Å²) in [5.41, 5.74) is -0.387. The summed E-state index contributed by atoms with van der Waals surface area (Å²) in [4.78, 5) is 41.4. The molecule has 0 saturated carbocycles. The van der Waals surface area contributed by atoms with Gasteiger partial charge in [0.2, 0.25) is 0 Å². The minimum Gasteiger partial charge on any atom is -0.478 e. The molecular formula is C16H10O8. The van der Waals surface area contributed by atoms with Crippen LogP contribution < -0.4 is 0 Å². The standard InChI is InChI=1S/2C8H5O4/c2*9-7(10)5-2-1-3-6(4-5)8(11)12/h2*1-2,4H,(H,9,10)(H,11,12). The van der Waals surface area contributed by atoms with Gasteiger partial charge < -0.3 is 20.4 Å². The highest BCUT2D eigenvalue weighted by atomic mass is 16.4. The van der Waals surface area contributed by atoms with E-state index in [1.165, 1.54) is 24.3 Å². The maximum atomic E-state index is 10.4. The zero-order chi connectivity index (χ0) is 18.3. The van der Waals surface area contributed by atoms with Crippen LogP contribution in [0.4, 0.5) is 0 Å². The molecule has 2 aromatic rings. The van der Waals surface area contributed by atoms with Crippen LogP contribution in [0.3, 0.4) is 0 Å². The Kier molecular flexibility index (Phi) is 6.19. The van der Waals surface area contributed by atoms with E-state index < -0.39 is 23.9 Å². The summed E-state index contributed by atoms with van der Waals surface area (Å²) < 4.78 is 0. The van der Waals surface area contributed by atoms with Crippen molar-refractivity contribution in [2.75, 3.05) is 0 Å². The number of carboxylic acids is 4. The molecule has 122 valence electrons. The molecule has 2 radical (unpaired) electrons. The summed E-state index contributed by atoms with van der Waals surface area (Å²) in [6, 6.07) is 12.0. The maximum Gasteiger partial charge on any atom is 0.336 e. The Hall–Kier alpha value is -3.68. The molecule has 8 heteroatoms. The molecule has 24 heavy (non-hydrogen) atoms. The minimum atomic E-state index is -1.18. The third-order valence-electron chi connectivity index (χ3n) is 2.56. The smallest absolute Gasteiger partial charge is 0.336 e. The average molecular weight is 330 g/mol. The van der Waals surface area contributed by atoms with E-state index in [4.69, 9.17) is 20.4 Å². The van der Waals surface area contributed by atoms with Gasteiger partial charge in [-0.15, -0.1) is 0 Å². The molecule has 0 aliphatic rings. The first kappa shape index (κ1) is 18.4. The zero-order valence-electron chi connectivity index (χ0n) is 11.9. The topological polar surface area (TPSA) is 149 Å². The Morgan fingerprint density at radius 3 is 1.21 bits per heavy atom. The molecule has 0 aliphatic carbocycles. The van der Waals surface area contributed by atoms with Gasteiger partial charge in [-0.3, -0.25) is 0 Å². The lowest BCUT2D eigenvalue weighted by Gasteiger charge is -1.94. The SMILES string of the molecule is O=C(O)c1[c]ccc(C(=O)O)c1.O=C(O)c1[c]ccc(C(=O)O)c1. The first-order valence-electron chi connectivity index (χ1n) is 6.19. The van der Waals surface area contributed by atoms with Gasteiger partial charge in [-0.1, -0.05) is 12.1 Å². The number of aromatic carboxylic acids is 4. The van der Waals surface area contributed by atoms with E-state index in [2.05, 4.69) is 12.1 Å². The molecule has 0 heterocycles. The zero-order valence-corrected chi connectivity index (χ0v) is 11.9. The summed E-state index contributed by atoms with van der Waals surface area (Å²) in [5, 5.41) is 33.9. The molecule has 0 amide bonds. The second-order valence-electron chi connectivity index (χ2n) is 4.20. The van der Waals surface area contributed by atoms with Crippen LogP contribution in [0.1, 0.15) is 41.4 Å². The molecule has 2 rings (SSSR count). The van der Waals surface area contributed by atoms with Crippen molar-refractivity contribution in [3.8, 4) is 0 Å². The maximum absolute atomic E-state index is 10.4. The summed E-state index contributed by atoms with van der Waals surface area (Å²) >= 11 is 0. The molecule has 0 bridgehead atoms. The van der Waals surface area contributed by atoms with Crippen LogP contribution >= 0.6 is 0 Å². The normalized spacial score (nSPS) is 9.33. The van der Waals surface area contributed by atoms with Crippen molar-refractivity contribution < 1.29 is 39.6 Å². The van der Waals surface area contributed by atoms with Gasteiger partial charge in [-0.05, 0) is 36.4 Å². The molecular weight excluding hydrogens is 320 g/mol. The molecule has 8 nitrogen and oxygen atoms in total. The van der Waals surface area contributed by atoms with E-state index in [-0.39, 0.29) is 22.3 Å². The molecule has 0 saturated heterocycles. The van der Waals surface area contributed by atoms with Crippen molar-refractivity contribution in [2.45, 2.75) is 0 Å². The Labute approximate surface area is 135 Å². The van der Waals surface area contributed by atoms with Crippen LogP contribution in [0.15, 0.2) is 36.4 Å². The molecule has 0 fully saturated rings. The molecule has 0 atom stereocenters. The second kappa shape index (κ2) is 8.08. The van der Waals surface area contributed by atoms with Crippen LogP contribution in [0, 0.1) is 12.1 Å². The van der Waals surface area contributed by atoms with E-state index in [0.717, 1.165) is 12.1 Å². The molecule has 2 aromatic carbocycles. The third kappa shape index (κ3) is 5.26. The van der Waals surface area contributed by atoms with Gasteiger partial charge in [-0.2, -0.15) is 0 Å². The Balaban J connectivity index is 0.000000240. The lowest BCUT2D eigenvalue weighted by atomic mass is 10.1. The van der Waals surface area contributed by atoms with E-state index in [1.54, 1.807) is 0 Å². The first-order valence-corrected chi connectivity index (χ1v) is 6.19. The van der Waals surface area contributed by atoms with E-state index in [1.807, 2.05) is 0 Å². The Morgan fingerprint density at radius 1 is 0.625 bits per heavy atom. The summed E-state index contributed by atoms with van der Waals surface area (Å²) in [6.07, 6.45) is 0. The van der Waals surface area contributed by atoms with Crippen molar-refractivity contribution >= 4 is 23.9 Å². The van der Waals surface area contributed by atoms with Crippen molar-refractivity contribution in [1.82, 2.24) is 0 Å². The van der Waals surface area contributed by atoms with E-state index in [0.29, 0.717) is 0 Å². The fourth-order valence-corrected chi connectivity index (χ4v) is 1.45. The van der Waals surface area contributed by atoms with Crippen molar-refractivity contribution in [2.24, 2.45) is 0 Å². The lowest BCUT2D eigenvalue weighted by molar-refractivity contribution is 0.0676. The fourth-order valence-electron chi connectivity index (χ4n) is 1.45. The van der Waals surface area contributed by atoms with Crippen LogP contribution in [-0.2, 0) is 0 Å². The number of hydrogen-bond acceptors (Lipinski definition) is 4. The molecule has 4 N–H and O–H groups in total. The quantitative estimate of drug-likeness (QED) is 0.662. The molecule has 0 spiro atoms. The largest absolute Gasteiger partial charge is 0.478 e. The summed E-state index contributed by atoms with van der Waals surface area (Å²) in [6.45, 7) is 0. The van der Waals surface area contributed by atoms with Crippen molar-refractivity contribution in [1.29, 1.82) is 0 Å². The van der Waals surface area contributed by atoms with Crippen molar-refractivity contribution in [3.63, 3.8) is 0 Å². The van der Waals surface area contributed by atoms with Gasteiger partial charge >= 0.3 is 23.9 Å². The lowest BCUT2D eigenvalue weighted by Crippen LogP contribution is -2.01. The molecule has 0 aromatic heterocycles. The number of rotatable bonds is 4. The minimum absolute atomic E-state index is 0.0499.